The lowest BCUT2D eigenvalue weighted by Crippen LogP contribution is -2.34. The van der Waals surface area contributed by atoms with E-state index in [0.717, 1.165) is 86.6 Å². The molecule has 0 unspecified atom stereocenters. The quantitative estimate of drug-likeness (QED) is 0.175. The van der Waals surface area contributed by atoms with Gasteiger partial charge >= 0.3 is 0 Å². The van der Waals surface area contributed by atoms with Crippen molar-refractivity contribution < 1.29 is 4.79 Å². The van der Waals surface area contributed by atoms with Crippen molar-refractivity contribution in [2.45, 2.75) is 0 Å². The van der Waals surface area contributed by atoms with Gasteiger partial charge in [-0.25, -0.2) is 4.98 Å². The Morgan fingerprint density at radius 2 is 1.23 bits per heavy atom. The summed E-state index contributed by atoms with van der Waals surface area (Å²) in [5.74, 6) is -0.113. The Morgan fingerprint density at radius 3 is 1.95 bits per heavy atom. The fraction of sp³-hybridized carbons (Fsp3) is 0. The van der Waals surface area contributed by atoms with E-state index in [4.69, 9.17) is 10.4 Å². The van der Waals surface area contributed by atoms with Crippen LogP contribution >= 0.6 is 0 Å². The van der Waals surface area contributed by atoms with Gasteiger partial charge in [-0.3, -0.25) is 19.4 Å². The highest BCUT2D eigenvalue weighted by Gasteiger charge is 2.30. The molecule has 0 saturated carbocycles. The largest absolute Gasteiger partial charge is 0.307 e. The lowest BCUT2D eigenvalue weighted by Gasteiger charge is -2.26. The van der Waals surface area contributed by atoms with Crippen LogP contribution in [0.5, 0.6) is 0 Å². The molecule has 0 saturated heterocycles. The van der Waals surface area contributed by atoms with Crippen LogP contribution in [0, 0.1) is 5.41 Å². The first-order valence-electron chi connectivity index (χ1n) is 13.2. The smallest absolute Gasteiger partial charge is 0.264 e. The Labute approximate surface area is 222 Å². The van der Waals surface area contributed by atoms with E-state index < -0.39 is 0 Å². The molecular weight excluding hydrogens is 496 g/mol. The number of amidine groups is 1. The van der Waals surface area contributed by atoms with Crippen LogP contribution in [0.4, 0.5) is 0 Å². The maximum Gasteiger partial charge on any atom is 0.264 e. The van der Waals surface area contributed by atoms with Crippen LogP contribution in [0.15, 0.2) is 77.6 Å². The molecule has 2 N–H and O–H groups in total. The third kappa shape index (κ3) is 1.85. The van der Waals surface area contributed by atoms with E-state index in [1.807, 2.05) is 42.5 Å². The average molecular weight is 511 g/mol. The zero-order chi connectivity index (χ0) is 26.2. The minimum atomic E-state index is -0.244. The van der Waals surface area contributed by atoms with Crippen LogP contribution in [0.3, 0.4) is 0 Å². The van der Waals surface area contributed by atoms with Crippen molar-refractivity contribution in [3.05, 3.63) is 94.3 Å². The van der Waals surface area contributed by atoms with E-state index in [1.54, 1.807) is 4.40 Å². The number of pyridine rings is 1. The molecule has 0 radical (unpaired) electrons. The number of nitrogens with one attached hydrogen (secondary N) is 2. The molecule has 3 heterocycles. The highest BCUT2D eigenvalue weighted by Crippen LogP contribution is 2.52. The number of imidazole rings is 1. The van der Waals surface area contributed by atoms with Gasteiger partial charge in [0.25, 0.3) is 11.5 Å². The predicted molar refractivity (Wildman–Crippen MR) is 161 cm³/mol. The molecule has 2 aromatic heterocycles. The van der Waals surface area contributed by atoms with Crippen LogP contribution in [0.2, 0.25) is 0 Å². The summed E-state index contributed by atoms with van der Waals surface area (Å²) >= 11 is 0. The molecule has 6 heteroatoms. The fourth-order valence-corrected chi connectivity index (χ4v) is 7.82. The van der Waals surface area contributed by atoms with Crippen molar-refractivity contribution in [3.8, 4) is 0 Å². The highest BCUT2D eigenvalue weighted by atomic mass is 16.1. The zero-order valence-electron chi connectivity index (χ0n) is 20.6. The number of amides is 1. The summed E-state index contributed by atoms with van der Waals surface area (Å²) in [5.41, 5.74) is 3.56. The fourth-order valence-electron chi connectivity index (χ4n) is 7.82. The SMILES string of the molecule is N=C1NC(=O)c2cc3ccc4cc5c(=O)n6c7ccccc7nc6c6cc7ccc8cc1c2c1c3c4c(c56)c7c81. The number of para-hydroxylation sites is 2. The second kappa shape index (κ2) is 5.84. The summed E-state index contributed by atoms with van der Waals surface area (Å²) in [6, 6.07) is 24.3. The Morgan fingerprint density at radius 1 is 0.625 bits per heavy atom. The second-order valence-electron chi connectivity index (χ2n) is 11.1. The number of aromatic nitrogens is 2. The van der Waals surface area contributed by atoms with Crippen molar-refractivity contribution >= 4 is 104 Å². The predicted octanol–water partition coefficient (Wildman–Crippen LogP) is 6.74. The van der Waals surface area contributed by atoms with E-state index >= 15 is 0 Å². The molecule has 6 nitrogen and oxygen atoms in total. The topological polar surface area (TPSA) is 87.3 Å². The van der Waals surface area contributed by atoms with E-state index in [-0.39, 0.29) is 17.3 Å². The first-order valence-corrected chi connectivity index (χ1v) is 13.2. The Kier molecular flexibility index (Phi) is 2.84. The standard InChI is InChI=1S/C34H14N4O2/c35-31-17-9-13-5-6-14-10-18-28-20(34(40)38-22-4-2-1-3-21(22)36-32(18)38)12-16-8-7-15-11-19(33(39)37-31)27(17)29-23(13)24(14)30(28)26(16)25(15)29/h1-12H,(H2,35,37,39). The molecule has 40 heavy (non-hydrogen) atoms. The Bertz CT molecular complexity index is 2830. The first-order chi connectivity index (χ1) is 19.6. The summed E-state index contributed by atoms with van der Waals surface area (Å²) in [5, 5.41) is 25.3. The maximum absolute atomic E-state index is 14.2. The zero-order valence-corrected chi connectivity index (χ0v) is 20.6. The third-order valence-electron chi connectivity index (χ3n) is 9.30. The maximum atomic E-state index is 14.2. The average Bonchev–Trinajstić information content (AvgIpc) is 3.37. The summed E-state index contributed by atoms with van der Waals surface area (Å²) < 4.78 is 1.76. The van der Waals surface area contributed by atoms with Gasteiger partial charge in [-0.05, 0) is 79.5 Å². The van der Waals surface area contributed by atoms with Crippen LogP contribution in [0.25, 0.3) is 92.1 Å². The van der Waals surface area contributed by atoms with Crippen LogP contribution in [-0.2, 0) is 0 Å². The van der Waals surface area contributed by atoms with Gasteiger partial charge in [0, 0.05) is 43.4 Å². The number of fused-ring (bicyclic) bond motifs is 4. The Balaban J connectivity index is 1.56. The van der Waals surface area contributed by atoms with E-state index in [9.17, 15) is 9.59 Å². The molecule has 0 bridgehead atoms. The first kappa shape index (κ1) is 19.4. The molecular formula is C34H14N4O2. The molecule has 0 fully saturated rings. The molecule has 1 aliphatic rings. The third-order valence-corrected chi connectivity index (χ3v) is 9.30. The van der Waals surface area contributed by atoms with Crippen LogP contribution in [-0.4, -0.2) is 21.1 Å². The van der Waals surface area contributed by atoms with Crippen molar-refractivity contribution in [1.29, 1.82) is 5.41 Å². The lowest BCUT2D eigenvalue weighted by atomic mass is 9.78. The van der Waals surface area contributed by atoms with Gasteiger partial charge < -0.3 is 5.32 Å². The number of benzene rings is 8. The number of hydrogen-bond donors (Lipinski definition) is 2. The van der Waals surface area contributed by atoms with Gasteiger partial charge in [0.15, 0.2) is 0 Å². The van der Waals surface area contributed by atoms with Gasteiger partial charge in [0.2, 0.25) is 0 Å². The van der Waals surface area contributed by atoms with Crippen molar-refractivity contribution in [2.75, 3.05) is 0 Å². The molecule has 1 aliphatic heterocycles. The Hall–Kier alpha value is -5.62. The molecule has 0 atom stereocenters. The van der Waals surface area contributed by atoms with Crippen molar-refractivity contribution in [1.82, 2.24) is 14.7 Å². The van der Waals surface area contributed by atoms with Gasteiger partial charge in [-0.15, -0.1) is 0 Å². The molecule has 0 aliphatic carbocycles. The molecule has 1 amide bonds. The number of carbonyl (C=O) groups excluding carboxylic acids is 1. The normalized spacial score (nSPS) is 14.4. The summed E-state index contributed by atoms with van der Waals surface area (Å²) in [6.45, 7) is 0. The van der Waals surface area contributed by atoms with E-state index in [1.165, 1.54) is 0 Å². The molecule has 11 rings (SSSR count). The van der Waals surface area contributed by atoms with Crippen LogP contribution < -0.4 is 10.9 Å². The number of carbonyl (C=O) groups is 1. The number of hydrogen-bond acceptors (Lipinski definition) is 4. The van der Waals surface area contributed by atoms with Gasteiger partial charge in [0.1, 0.15) is 11.5 Å². The van der Waals surface area contributed by atoms with Gasteiger partial charge in [-0.2, -0.15) is 0 Å². The van der Waals surface area contributed by atoms with Crippen molar-refractivity contribution in [2.24, 2.45) is 0 Å². The number of rotatable bonds is 0. The highest BCUT2D eigenvalue weighted by molar-refractivity contribution is 6.50. The second-order valence-corrected chi connectivity index (χ2v) is 11.1. The summed E-state index contributed by atoms with van der Waals surface area (Å²) in [7, 11) is 0. The monoisotopic (exact) mass is 510 g/mol. The van der Waals surface area contributed by atoms with E-state index in [2.05, 4.69) is 35.6 Å². The summed E-state index contributed by atoms with van der Waals surface area (Å²) in [4.78, 5) is 32.3. The van der Waals surface area contributed by atoms with Crippen molar-refractivity contribution in [3.63, 3.8) is 0 Å². The minimum absolute atomic E-state index is 0.0640. The molecule has 182 valence electrons. The van der Waals surface area contributed by atoms with Gasteiger partial charge in [0.05, 0.1) is 11.0 Å². The summed E-state index contributed by atoms with van der Waals surface area (Å²) in [6.07, 6.45) is 0. The minimum Gasteiger partial charge on any atom is -0.307 e. The van der Waals surface area contributed by atoms with Gasteiger partial charge in [-0.1, -0.05) is 36.4 Å². The van der Waals surface area contributed by atoms with Crippen LogP contribution in [0.1, 0.15) is 15.9 Å². The molecule has 8 aromatic carbocycles. The van der Waals surface area contributed by atoms with E-state index in [0.29, 0.717) is 16.6 Å². The lowest BCUT2D eigenvalue weighted by molar-refractivity contribution is 0.0977. The molecule has 10 aromatic rings. The molecule has 0 spiro atoms. The number of nitrogens with zero attached hydrogens (tertiary/aromatic N) is 2.